The second kappa shape index (κ2) is 3.57. The normalized spacial score (nSPS) is 20.2. The Hall–Kier alpha value is -1.10. The van der Waals surface area contributed by atoms with Crippen molar-refractivity contribution in [1.29, 1.82) is 0 Å². The van der Waals surface area contributed by atoms with E-state index in [-0.39, 0.29) is 5.96 Å². The first-order chi connectivity index (χ1) is 6.66. The van der Waals surface area contributed by atoms with Crippen LogP contribution in [0.3, 0.4) is 0 Å². The highest BCUT2D eigenvalue weighted by atomic mass is 32.1. The zero-order valence-corrected chi connectivity index (χ0v) is 8.97. The van der Waals surface area contributed by atoms with Gasteiger partial charge in [-0.25, -0.2) is 4.98 Å². The van der Waals surface area contributed by atoms with Crippen molar-refractivity contribution in [2.24, 2.45) is 16.5 Å². The lowest BCUT2D eigenvalue weighted by Crippen LogP contribution is -2.21. The zero-order chi connectivity index (χ0) is 10.1. The van der Waals surface area contributed by atoms with Crippen molar-refractivity contribution in [1.82, 2.24) is 4.98 Å². The van der Waals surface area contributed by atoms with Crippen LogP contribution in [0.25, 0.3) is 0 Å². The maximum atomic E-state index is 5.31. The Bertz CT molecular complexity index is 365. The van der Waals surface area contributed by atoms with Crippen LogP contribution in [0.4, 0.5) is 5.13 Å². The Balaban J connectivity index is 2.35. The molecule has 0 bridgehead atoms. The van der Waals surface area contributed by atoms with Gasteiger partial charge in [-0.1, -0.05) is 18.3 Å². The largest absolute Gasteiger partial charge is 0.370 e. The molecule has 4 nitrogen and oxygen atoms in total. The predicted octanol–water partition coefficient (Wildman–Crippen LogP) is 1.49. The molecule has 1 aliphatic carbocycles. The van der Waals surface area contributed by atoms with E-state index >= 15 is 0 Å². The van der Waals surface area contributed by atoms with Crippen LogP contribution in [0.1, 0.15) is 36.3 Å². The summed E-state index contributed by atoms with van der Waals surface area (Å²) in [5.41, 5.74) is 11.8. The van der Waals surface area contributed by atoms with Crippen molar-refractivity contribution in [3.05, 3.63) is 10.6 Å². The van der Waals surface area contributed by atoms with Gasteiger partial charge in [-0.3, -0.25) is 0 Å². The molecule has 5 heteroatoms. The van der Waals surface area contributed by atoms with E-state index in [2.05, 4.69) is 16.9 Å². The molecule has 1 unspecified atom stereocenters. The number of fused-ring (bicyclic) bond motifs is 1. The Labute approximate surface area is 87.1 Å². The van der Waals surface area contributed by atoms with Gasteiger partial charge in [-0.2, -0.15) is 4.99 Å². The molecule has 76 valence electrons. The topological polar surface area (TPSA) is 77.3 Å². The monoisotopic (exact) mass is 210 g/mol. The van der Waals surface area contributed by atoms with Gasteiger partial charge in [0.1, 0.15) is 0 Å². The molecule has 0 amide bonds. The molecule has 0 aliphatic heterocycles. The number of hydrogen-bond donors (Lipinski definition) is 2. The quantitative estimate of drug-likeness (QED) is 0.544. The standard InChI is InChI=1S/C9H14N4S/c1-5-3-2-4-6-7(5)14-9(12-6)13-8(10)11/h5H,2-4H2,1H3,(H4,10,11,12,13). The third kappa shape index (κ3) is 1.72. The summed E-state index contributed by atoms with van der Waals surface area (Å²) in [6.45, 7) is 2.23. The molecule has 1 atom stereocenters. The Morgan fingerprint density at radius 1 is 1.57 bits per heavy atom. The summed E-state index contributed by atoms with van der Waals surface area (Å²) >= 11 is 1.61. The molecule has 0 radical (unpaired) electrons. The van der Waals surface area contributed by atoms with Crippen LogP contribution in [0, 0.1) is 0 Å². The molecule has 2 rings (SSSR count). The SMILES string of the molecule is CC1CCCc2nc(N=C(N)N)sc21. The lowest BCUT2D eigenvalue weighted by atomic mass is 9.94. The van der Waals surface area contributed by atoms with Gasteiger partial charge in [0.05, 0.1) is 5.69 Å². The number of rotatable bonds is 1. The molecule has 0 fully saturated rings. The van der Waals surface area contributed by atoms with Gasteiger partial charge in [0.2, 0.25) is 5.13 Å². The number of thiazole rings is 1. The van der Waals surface area contributed by atoms with E-state index in [0.29, 0.717) is 11.0 Å². The first kappa shape index (κ1) is 9.45. The first-order valence-corrected chi connectivity index (χ1v) is 5.57. The fraction of sp³-hybridized carbons (Fsp3) is 0.556. The predicted molar refractivity (Wildman–Crippen MR) is 58.9 cm³/mol. The van der Waals surface area contributed by atoms with Gasteiger partial charge >= 0.3 is 0 Å². The Morgan fingerprint density at radius 2 is 2.36 bits per heavy atom. The highest BCUT2D eigenvalue weighted by Gasteiger charge is 2.20. The summed E-state index contributed by atoms with van der Waals surface area (Å²) in [6, 6.07) is 0. The molecule has 1 aromatic rings. The molecule has 1 heterocycles. The molecular formula is C9H14N4S. The van der Waals surface area contributed by atoms with Crippen molar-refractivity contribution >= 4 is 22.4 Å². The molecule has 14 heavy (non-hydrogen) atoms. The third-order valence-electron chi connectivity index (χ3n) is 2.44. The minimum absolute atomic E-state index is 0.0868. The fourth-order valence-electron chi connectivity index (χ4n) is 1.78. The lowest BCUT2D eigenvalue weighted by Gasteiger charge is -2.15. The first-order valence-electron chi connectivity index (χ1n) is 4.76. The summed E-state index contributed by atoms with van der Waals surface area (Å²) in [5.74, 6) is 0.697. The number of aryl methyl sites for hydroxylation is 1. The van der Waals surface area contributed by atoms with Crippen molar-refractivity contribution in [2.75, 3.05) is 0 Å². The molecule has 4 N–H and O–H groups in total. The van der Waals surface area contributed by atoms with E-state index in [1.165, 1.54) is 23.4 Å². The molecule has 1 aromatic heterocycles. The highest BCUT2D eigenvalue weighted by Crippen LogP contribution is 2.38. The van der Waals surface area contributed by atoms with Crippen molar-refractivity contribution in [2.45, 2.75) is 32.1 Å². The summed E-state index contributed by atoms with van der Waals surface area (Å²) in [4.78, 5) is 9.75. The maximum absolute atomic E-state index is 5.31. The fourth-order valence-corrected chi connectivity index (χ4v) is 2.87. The van der Waals surface area contributed by atoms with E-state index in [0.717, 1.165) is 6.42 Å². The van der Waals surface area contributed by atoms with E-state index in [1.807, 2.05) is 0 Å². The zero-order valence-electron chi connectivity index (χ0n) is 8.16. The number of guanidine groups is 1. The molecule has 1 aliphatic rings. The second-order valence-electron chi connectivity index (χ2n) is 3.64. The summed E-state index contributed by atoms with van der Waals surface area (Å²) in [6.07, 6.45) is 3.53. The van der Waals surface area contributed by atoms with Crippen LogP contribution >= 0.6 is 11.3 Å². The van der Waals surface area contributed by atoms with Crippen LogP contribution in [0.5, 0.6) is 0 Å². The summed E-state index contributed by atoms with van der Waals surface area (Å²) in [5, 5.41) is 0.698. The number of aliphatic imine (C=N–C) groups is 1. The van der Waals surface area contributed by atoms with E-state index in [1.54, 1.807) is 11.3 Å². The van der Waals surface area contributed by atoms with Crippen LogP contribution in [-0.4, -0.2) is 10.9 Å². The third-order valence-corrected chi connectivity index (χ3v) is 3.66. The number of hydrogen-bond acceptors (Lipinski definition) is 3. The van der Waals surface area contributed by atoms with Crippen molar-refractivity contribution in [3.63, 3.8) is 0 Å². The van der Waals surface area contributed by atoms with Crippen molar-refractivity contribution < 1.29 is 0 Å². The average Bonchev–Trinajstić information content (AvgIpc) is 2.47. The Morgan fingerprint density at radius 3 is 3.00 bits per heavy atom. The number of nitrogens with two attached hydrogens (primary N) is 2. The van der Waals surface area contributed by atoms with Gasteiger partial charge in [-0.15, -0.1) is 0 Å². The van der Waals surface area contributed by atoms with Gasteiger partial charge in [0.15, 0.2) is 5.96 Å². The van der Waals surface area contributed by atoms with E-state index in [9.17, 15) is 0 Å². The van der Waals surface area contributed by atoms with Gasteiger partial charge in [0, 0.05) is 4.88 Å². The van der Waals surface area contributed by atoms with E-state index in [4.69, 9.17) is 11.5 Å². The average molecular weight is 210 g/mol. The molecule has 0 spiro atoms. The highest BCUT2D eigenvalue weighted by molar-refractivity contribution is 7.15. The van der Waals surface area contributed by atoms with Crippen molar-refractivity contribution in [3.8, 4) is 0 Å². The van der Waals surface area contributed by atoms with Gasteiger partial charge in [-0.05, 0) is 25.2 Å². The van der Waals surface area contributed by atoms with Gasteiger partial charge in [0.25, 0.3) is 0 Å². The van der Waals surface area contributed by atoms with Gasteiger partial charge < -0.3 is 11.5 Å². The Kier molecular flexibility index (Phi) is 2.41. The van der Waals surface area contributed by atoms with E-state index < -0.39 is 0 Å². The summed E-state index contributed by atoms with van der Waals surface area (Å²) < 4.78 is 0. The smallest absolute Gasteiger partial charge is 0.212 e. The molecule has 0 saturated heterocycles. The van der Waals surface area contributed by atoms with Crippen LogP contribution in [0.2, 0.25) is 0 Å². The summed E-state index contributed by atoms with van der Waals surface area (Å²) in [7, 11) is 0. The van der Waals surface area contributed by atoms with Crippen LogP contribution in [-0.2, 0) is 6.42 Å². The van der Waals surface area contributed by atoms with Crippen LogP contribution < -0.4 is 11.5 Å². The van der Waals surface area contributed by atoms with Crippen LogP contribution in [0.15, 0.2) is 4.99 Å². The minimum atomic E-state index is 0.0868. The number of aromatic nitrogens is 1. The molecule has 0 saturated carbocycles. The maximum Gasteiger partial charge on any atom is 0.212 e. The molecule has 0 aromatic carbocycles. The number of nitrogens with zero attached hydrogens (tertiary/aromatic N) is 2. The second-order valence-corrected chi connectivity index (χ2v) is 4.65. The minimum Gasteiger partial charge on any atom is -0.370 e. The lowest BCUT2D eigenvalue weighted by molar-refractivity contribution is 0.593. The molecular weight excluding hydrogens is 196 g/mol.